The molecule has 0 saturated carbocycles. The second-order valence-corrected chi connectivity index (χ2v) is 6.87. The fourth-order valence-corrected chi connectivity index (χ4v) is 3.14. The highest BCUT2D eigenvalue weighted by Crippen LogP contribution is 2.34. The number of alkyl halides is 3. The van der Waals surface area contributed by atoms with Gasteiger partial charge in [0.25, 0.3) is 0 Å². The summed E-state index contributed by atoms with van der Waals surface area (Å²) in [6, 6.07) is 10.2. The van der Waals surface area contributed by atoms with Crippen LogP contribution in [-0.4, -0.2) is 6.54 Å². The van der Waals surface area contributed by atoms with Gasteiger partial charge in [0.2, 0.25) is 0 Å². The third-order valence-electron chi connectivity index (χ3n) is 4.30. The van der Waals surface area contributed by atoms with Gasteiger partial charge < -0.3 is 10.1 Å². The summed E-state index contributed by atoms with van der Waals surface area (Å²) in [6.45, 7) is 4.78. The van der Waals surface area contributed by atoms with Crippen molar-refractivity contribution in [3.8, 4) is 5.75 Å². The molecule has 1 heterocycles. The van der Waals surface area contributed by atoms with Crippen molar-refractivity contribution in [2.75, 3.05) is 11.9 Å². The van der Waals surface area contributed by atoms with Crippen LogP contribution in [0, 0.1) is 5.92 Å². The molecule has 0 unspecified atom stereocenters. The number of hydrogen-bond acceptors (Lipinski definition) is 2. The van der Waals surface area contributed by atoms with E-state index in [0.717, 1.165) is 24.2 Å². The molecule has 2 aromatic rings. The van der Waals surface area contributed by atoms with Gasteiger partial charge in [0.05, 0.1) is 5.56 Å². The molecular weight excluding hydrogens is 327 g/mol. The summed E-state index contributed by atoms with van der Waals surface area (Å²) in [7, 11) is 0. The SMILES string of the molecule is CC(C)Cc1ccc(COc2ccc3c(c2)CCN3)c(C(F)(F)F)c1. The van der Waals surface area contributed by atoms with Crippen molar-refractivity contribution in [1.29, 1.82) is 0 Å². The van der Waals surface area contributed by atoms with Crippen LogP contribution in [0.15, 0.2) is 36.4 Å². The second kappa shape index (κ2) is 6.98. The minimum Gasteiger partial charge on any atom is -0.489 e. The Morgan fingerprint density at radius 2 is 1.92 bits per heavy atom. The molecule has 134 valence electrons. The van der Waals surface area contributed by atoms with Crippen LogP contribution in [0.3, 0.4) is 0 Å². The van der Waals surface area contributed by atoms with Crippen LogP contribution < -0.4 is 10.1 Å². The van der Waals surface area contributed by atoms with Gasteiger partial charge in [-0.1, -0.05) is 26.0 Å². The predicted octanol–water partition coefficient (Wildman–Crippen LogP) is 5.45. The van der Waals surface area contributed by atoms with Gasteiger partial charge in [-0.2, -0.15) is 13.2 Å². The summed E-state index contributed by atoms with van der Waals surface area (Å²) < 4.78 is 45.9. The van der Waals surface area contributed by atoms with Gasteiger partial charge >= 0.3 is 6.18 Å². The third-order valence-corrected chi connectivity index (χ3v) is 4.30. The molecule has 0 atom stereocenters. The van der Waals surface area contributed by atoms with Crippen molar-refractivity contribution in [2.45, 2.75) is 39.5 Å². The van der Waals surface area contributed by atoms with Crippen LogP contribution >= 0.6 is 0 Å². The van der Waals surface area contributed by atoms with Gasteiger partial charge in [0.1, 0.15) is 12.4 Å². The van der Waals surface area contributed by atoms with E-state index < -0.39 is 11.7 Å². The molecule has 25 heavy (non-hydrogen) atoms. The number of nitrogens with one attached hydrogen (secondary N) is 1. The summed E-state index contributed by atoms with van der Waals surface area (Å²) >= 11 is 0. The molecule has 0 aromatic heterocycles. The second-order valence-electron chi connectivity index (χ2n) is 6.87. The number of ether oxygens (including phenoxy) is 1. The minimum atomic E-state index is -4.38. The van der Waals surface area contributed by atoms with E-state index in [2.05, 4.69) is 5.32 Å². The molecular formula is C20H22F3NO. The zero-order valence-electron chi connectivity index (χ0n) is 14.4. The zero-order valence-corrected chi connectivity index (χ0v) is 14.4. The van der Waals surface area contributed by atoms with Gasteiger partial charge in [-0.05, 0) is 54.2 Å². The fourth-order valence-electron chi connectivity index (χ4n) is 3.14. The molecule has 2 aromatic carbocycles. The van der Waals surface area contributed by atoms with E-state index in [0.29, 0.717) is 23.7 Å². The first-order valence-electron chi connectivity index (χ1n) is 8.51. The van der Waals surface area contributed by atoms with Crippen molar-refractivity contribution in [2.24, 2.45) is 5.92 Å². The Morgan fingerprint density at radius 1 is 1.12 bits per heavy atom. The molecule has 1 aliphatic rings. The molecule has 0 spiro atoms. The maximum absolute atomic E-state index is 13.4. The predicted molar refractivity (Wildman–Crippen MR) is 93.0 cm³/mol. The van der Waals surface area contributed by atoms with Crippen molar-refractivity contribution < 1.29 is 17.9 Å². The average Bonchev–Trinajstić information content (AvgIpc) is 2.99. The van der Waals surface area contributed by atoms with E-state index in [1.807, 2.05) is 26.0 Å². The van der Waals surface area contributed by atoms with Crippen molar-refractivity contribution in [1.82, 2.24) is 0 Å². The van der Waals surface area contributed by atoms with Gasteiger partial charge in [-0.25, -0.2) is 0 Å². The Kier molecular flexibility index (Phi) is 4.93. The van der Waals surface area contributed by atoms with Gasteiger partial charge in [0.15, 0.2) is 0 Å². The molecule has 0 amide bonds. The van der Waals surface area contributed by atoms with Crippen LogP contribution in [0.4, 0.5) is 18.9 Å². The first kappa shape index (κ1) is 17.6. The Hall–Kier alpha value is -2.17. The summed E-state index contributed by atoms with van der Waals surface area (Å²) in [5, 5.41) is 3.25. The summed E-state index contributed by atoms with van der Waals surface area (Å²) in [4.78, 5) is 0. The fraction of sp³-hybridized carbons (Fsp3) is 0.400. The molecule has 5 heteroatoms. The maximum atomic E-state index is 13.4. The Morgan fingerprint density at radius 3 is 2.64 bits per heavy atom. The van der Waals surface area contributed by atoms with Crippen LogP contribution in [0.1, 0.15) is 36.1 Å². The smallest absolute Gasteiger partial charge is 0.416 e. The van der Waals surface area contributed by atoms with Crippen molar-refractivity contribution in [3.63, 3.8) is 0 Å². The van der Waals surface area contributed by atoms with Crippen LogP contribution in [0.25, 0.3) is 0 Å². The Labute approximate surface area is 146 Å². The van der Waals surface area contributed by atoms with E-state index in [9.17, 15) is 13.2 Å². The van der Waals surface area contributed by atoms with E-state index in [4.69, 9.17) is 4.74 Å². The van der Waals surface area contributed by atoms with E-state index in [-0.39, 0.29) is 12.2 Å². The lowest BCUT2D eigenvalue weighted by molar-refractivity contribution is -0.138. The maximum Gasteiger partial charge on any atom is 0.416 e. The van der Waals surface area contributed by atoms with Gasteiger partial charge in [0, 0.05) is 17.8 Å². The van der Waals surface area contributed by atoms with Crippen molar-refractivity contribution >= 4 is 5.69 Å². The summed E-state index contributed by atoms with van der Waals surface area (Å²) in [5.41, 5.74) is 2.48. The van der Waals surface area contributed by atoms with Crippen LogP contribution in [0.2, 0.25) is 0 Å². The molecule has 0 radical (unpaired) electrons. The number of anilines is 1. The molecule has 1 N–H and O–H groups in total. The lowest BCUT2D eigenvalue weighted by Gasteiger charge is -2.16. The highest BCUT2D eigenvalue weighted by atomic mass is 19.4. The molecule has 3 rings (SSSR count). The quantitative estimate of drug-likeness (QED) is 0.775. The van der Waals surface area contributed by atoms with E-state index in [1.165, 1.54) is 12.1 Å². The monoisotopic (exact) mass is 349 g/mol. The molecule has 0 aliphatic carbocycles. The minimum absolute atomic E-state index is 0.0942. The Bertz CT molecular complexity index is 753. The highest BCUT2D eigenvalue weighted by Gasteiger charge is 2.33. The summed E-state index contributed by atoms with van der Waals surface area (Å²) in [5.74, 6) is 0.907. The molecule has 2 nitrogen and oxygen atoms in total. The van der Waals surface area contributed by atoms with Gasteiger partial charge in [-0.15, -0.1) is 0 Å². The standard InChI is InChI=1S/C20H22F3NO/c1-13(2)9-14-3-4-16(18(10-14)20(21,22)23)12-25-17-5-6-19-15(11-17)7-8-24-19/h3-6,10-11,13,24H,7-9,12H2,1-2H3. The summed E-state index contributed by atoms with van der Waals surface area (Å²) in [6.07, 6.45) is -2.85. The number of halogens is 3. The normalized spacial score (nSPS) is 13.7. The molecule has 0 saturated heterocycles. The molecule has 0 fully saturated rings. The number of rotatable bonds is 5. The lowest BCUT2D eigenvalue weighted by atomic mass is 9.98. The number of benzene rings is 2. The topological polar surface area (TPSA) is 21.3 Å². The third kappa shape index (κ3) is 4.27. The van der Waals surface area contributed by atoms with E-state index >= 15 is 0 Å². The number of fused-ring (bicyclic) bond motifs is 1. The molecule has 1 aliphatic heterocycles. The Balaban J connectivity index is 1.79. The first-order chi connectivity index (χ1) is 11.8. The van der Waals surface area contributed by atoms with Crippen LogP contribution in [0.5, 0.6) is 5.75 Å². The van der Waals surface area contributed by atoms with Crippen LogP contribution in [-0.2, 0) is 25.6 Å². The van der Waals surface area contributed by atoms with E-state index in [1.54, 1.807) is 12.1 Å². The average molecular weight is 349 g/mol. The first-order valence-corrected chi connectivity index (χ1v) is 8.51. The zero-order chi connectivity index (χ0) is 18.0. The largest absolute Gasteiger partial charge is 0.489 e. The number of hydrogen-bond donors (Lipinski definition) is 1. The highest BCUT2D eigenvalue weighted by molar-refractivity contribution is 5.57. The van der Waals surface area contributed by atoms with Gasteiger partial charge in [-0.3, -0.25) is 0 Å². The lowest BCUT2D eigenvalue weighted by Crippen LogP contribution is -2.12. The van der Waals surface area contributed by atoms with Crippen molar-refractivity contribution in [3.05, 3.63) is 58.7 Å². The molecule has 0 bridgehead atoms.